The van der Waals surface area contributed by atoms with E-state index in [-0.39, 0.29) is 18.4 Å². The molecule has 0 N–H and O–H groups in total. The second-order valence-corrected chi connectivity index (χ2v) is 7.53. The van der Waals surface area contributed by atoms with Gasteiger partial charge in [0.25, 0.3) is 5.91 Å². The molecule has 1 saturated heterocycles. The number of aryl methyl sites for hydroxylation is 2. The van der Waals surface area contributed by atoms with Crippen molar-refractivity contribution in [3.8, 4) is 0 Å². The maximum atomic E-state index is 13.2. The number of amides is 2. The first-order valence-electron chi connectivity index (χ1n) is 9.50. The third-order valence-corrected chi connectivity index (χ3v) is 5.71. The highest BCUT2D eigenvalue weighted by Gasteiger charge is 2.33. The van der Waals surface area contributed by atoms with Gasteiger partial charge >= 0.3 is 0 Å². The predicted molar refractivity (Wildman–Crippen MR) is 101 cm³/mol. The van der Waals surface area contributed by atoms with Crippen molar-refractivity contribution in [3.05, 3.63) is 41.1 Å². The van der Waals surface area contributed by atoms with Crippen LogP contribution < -0.4 is 0 Å². The SMILES string of the molecule is Cc1cc(C(=O)N2CCN(C3CCCC3)C(=O)C2)c2cccc(C)c2n1. The number of pyridine rings is 1. The Bertz CT molecular complexity index is 871. The molecule has 26 heavy (non-hydrogen) atoms. The normalized spacial score (nSPS) is 18.8. The molecule has 2 aromatic rings. The van der Waals surface area contributed by atoms with Crippen molar-refractivity contribution < 1.29 is 9.59 Å². The van der Waals surface area contributed by atoms with Gasteiger partial charge in [-0.3, -0.25) is 14.6 Å². The van der Waals surface area contributed by atoms with E-state index in [1.807, 2.05) is 43.0 Å². The van der Waals surface area contributed by atoms with Crippen molar-refractivity contribution in [1.29, 1.82) is 0 Å². The monoisotopic (exact) mass is 351 g/mol. The van der Waals surface area contributed by atoms with Gasteiger partial charge in [-0.05, 0) is 38.3 Å². The van der Waals surface area contributed by atoms with Crippen molar-refractivity contribution in [2.24, 2.45) is 0 Å². The van der Waals surface area contributed by atoms with E-state index >= 15 is 0 Å². The highest BCUT2D eigenvalue weighted by atomic mass is 16.2. The molecule has 1 aliphatic carbocycles. The zero-order chi connectivity index (χ0) is 18.3. The summed E-state index contributed by atoms with van der Waals surface area (Å²) in [5.41, 5.74) is 3.40. The van der Waals surface area contributed by atoms with Gasteiger partial charge in [0.2, 0.25) is 5.91 Å². The van der Waals surface area contributed by atoms with Gasteiger partial charge in [0.05, 0.1) is 11.1 Å². The minimum absolute atomic E-state index is 0.0643. The summed E-state index contributed by atoms with van der Waals surface area (Å²) in [6.45, 7) is 5.36. The molecule has 1 aliphatic heterocycles. The molecule has 136 valence electrons. The number of piperazine rings is 1. The minimum Gasteiger partial charge on any atom is -0.336 e. The van der Waals surface area contributed by atoms with E-state index < -0.39 is 0 Å². The Morgan fingerprint density at radius 3 is 2.65 bits per heavy atom. The number of nitrogens with zero attached hydrogens (tertiary/aromatic N) is 3. The maximum absolute atomic E-state index is 13.2. The van der Waals surface area contributed by atoms with Gasteiger partial charge in [0.1, 0.15) is 6.54 Å². The van der Waals surface area contributed by atoms with Crippen LogP contribution in [0.5, 0.6) is 0 Å². The number of carbonyl (C=O) groups excluding carboxylic acids is 2. The lowest BCUT2D eigenvalue weighted by Crippen LogP contribution is -2.54. The fraction of sp³-hybridized carbons (Fsp3) is 0.476. The summed E-state index contributed by atoms with van der Waals surface area (Å²) < 4.78 is 0. The molecular weight excluding hydrogens is 326 g/mol. The molecule has 2 amide bonds. The first-order valence-corrected chi connectivity index (χ1v) is 9.50. The van der Waals surface area contributed by atoms with E-state index in [4.69, 9.17) is 0 Å². The standard InChI is InChI=1S/C21H25N3O2/c1-14-6-5-9-17-18(12-15(2)22-20(14)17)21(26)23-10-11-24(19(25)13-23)16-7-3-4-8-16/h5-6,9,12,16H,3-4,7-8,10-11,13H2,1-2H3. The Balaban J connectivity index is 1.60. The van der Waals surface area contributed by atoms with E-state index in [2.05, 4.69) is 4.98 Å². The molecule has 2 aliphatic rings. The molecule has 0 radical (unpaired) electrons. The Morgan fingerprint density at radius 2 is 1.92 bits per heavy atom. The van der Waals surface area contributed by atoms with Gasteiger partial charge in [-0.2, -0.15) is 0 Å². The number of fused-ring (bicyclic) bond motifs is 1. The van der Waals surface area contributed by atoms with Gasteiger partial charge in [-0.1, -0.05) is 31.0 Å². The smallest absolute Gasteiger partial charge is 0.255 e. The lowest BCUT2D eigenvalue weighted by Gasteiger charge is -2.38. The van der Waals surface area contributed by atoms with Crippen molar-refractivity contribution in [2.45, 2.75) is 45.6 Å². The summed E-state index contributed by atoms with van der Waals surface area (Å²) >= 11 is 0. The summed E-state index contributed by atoms with van der Waals surface area (Å²) in [6, 6.07) is 8.13. The van der Waals surface area contributed by atoms with Gasteiger partial charge in [0.15, 0.2) is 0 Å². The molecule has 2 fully saturated rings. The molecule has 5 nitrogen and oxygen atoms in total. The molecular formula is C21H25N3O2. The number of hydrogen-bond donors (Lipinski definition) is 0. The maximum Gasteiger partial charge on any atom is 0.255 e. The van der Waals surface area contributed by atoms with Gasteiger partial charge in [-0.25, -0.2) is 0 Å². The second-order valence-electron chi connectivity index (χ2n) is 7.53. The van der Waals surface area contributed by atoms with Crippen LogP contribution in [-0.4, -0.2) is 52.3 Å². The summed E-state index contributed by atoms with van der Waals surface area (Å²) in [4.78, 5) is 34.1. The number of rotatable bonds is 2. The van der Waals surface area contributed by atoms with Crippen LogP contribution in [0.25, 0.3) is 10.9 Å². The van der Waals surface area contributed by atoms with Crippen molar-refractivity contribution in [3.63, 3.8) is 0 Å². The number of para-hydroxylation sites is 1. The third kappa shape index (κ3) is 2.96. The number of benzene rings is 1. The topological polar surface area (TPSA) is 53.5 Å². The van der Waals surface area contributed by atoms with Crippen LogP contribution in [0, 0.1) is 13.8 Å². The fourth-order valence-electron chi connectivity index (χ4n) is 4.33. The van der Waals surface area contributed by atoms with Crippen LogP contribution in [-0.2, 0) is 4.79 Å². The lowest BCUT2D eigenvalue weighted by molar-refractivity contribution is -0.137. The highest BCUT2D eigenvalue weighted by molar-refractivity contribution is 6.07. The van der Waals surface area contributed by atoms with E-state index in [1.54, 1.807) is 4.90 Å². The Morgan fingerprint density at radius 1 is 1.15 bits per heavy atom. The van der Waals surface area contributed by atoms with E-state index in [9.17, 15) is 9.59 Å². The quantitative estimate of drug-likeness (QED) is 0.835. The van der Waals surface area contributed by atoms with Crippen LogP contribution in [0.3, 0.4) is 0 Å². The molecule has 4 rings (SSSR count). The van der Waals surface area contributed by atoms with Crippen molar-refractivity contribution >= 4 is 22.7 Å². The highest BCUT2D eigenvalue weighted by Crippen LogP contribution is 2.26. The van der Waals surface area contributed by atoms with Crippen molar-refractivity contribution in [2.75, 3.05) is 19.6 Å². The summed E-state index contributed by atoms with van der Waals surface area (Å²) in [5, 5.41) is 0.867. The first-order chi connectivity index (χ1) is 12.5. The van der Waals surface area contributed by atoms with Crippen LogP contribution in [0.15, 0.2) is 24.3 Å². The molecule has 2 heterocycles. The Hall–Kier alpha value is -2.43. The largest absolute Gasteiger partial charge is 0.336 e. The van der Waals surface area contributed by atoms with Gasteiger partial charge in [-0.15, -0.1) is 0 Å². The number of aromatic nitrogens is 1. The number of hydrogen-bond acceptors (Lipinski definition) is 3. The molecule has 1 aromatic carbocycles. The van der Waals surface area contributed by atoms with Crippen LogP contribution in [0.4, 0.5) is 0 Å². The predicted octanol–water partition coefficient (Wildman–Crippen LogP) is 3.08. The Labute approximate surface area is 154 Å². The van der Waals surface area contributed by atoms with Gasteiger partial charge in [0, 0.05) is 30.2 Å². The Kier molecular flexibility index (Phi) is 4.39. The average molecular weight is 351 g/mol. The van der Waals surface area contributed by atoms with Crippen LogP contribution in [0.1, 0.15) is 47.3 Å². The van der Waals surface area contributed by atoms with E-state index in [0.29, 0.717) is 24.7 Å². The molecule has 0 bridgehead atoms. The average Bonchev–Trinajstić information content (AvgIpc) is 3.15. The van der Waals surface area contributed by atoms with Crippen molar-refractivity contribution in [1.82, 2.24) is 14.8 Å². The van der Waals surface area contributed by atoms with Crippen LogP contribution >= 0.6 is 0 Å². The minimum atomic E-state index is -0.0643. The van der Waals surface area contributed by atoms with E-state index in [1.165, 1.54) is 12.8 Å². The summed E-state index contributed by atoms with van der Waals surface area (Å²) in [6.07, 6.45) is 4.62. The zero-order valence-electron chi connectivity index (χ0n) is 15.5. The molecule has 5 heteroatoms. The summed E-state index contributed by atoms with van der Waals surface area (Å²) in [7, 11) is 0. The third-order valence-electron chi connectivity index (χ3n) is 5.71. The fourth-order valence-corrected chi connectivity index (χ4v) is 4.33. The van der Waals surface area contributed by atoms with E-state index in [0.717, 1.165) is 35.0 Å². The molecule has 1 saturated carbocycles. The molecule has 0 spiro atoms. The summed E-state index contributed by atoms with van der Waals surface area (Å²) in [5.74, 6) is 0.0216. The molecule has 0 atom stereocenters. The number of carbonyl (C=O) groups is 2. The zero-order valence-corrected chi connectivity index (χ0v) is 15.5. The molecule has 1 aromatic heterocycles. The first kappa shape index (κ1) is 17.0. The van der Waals surface area contributed by atoms with Crippen LogP contribution in [0.2, 0.25) is 0 Å². The van der Waals surface area contributed by atoms with Gasteiger partial charge < -0.3 is 9.80 Å². The molecule has 0 unspecified atom stereocenters. The lowest BCUT2D eigenvalue weighted by atomic mass is 10.0. The second kappa shape index (κ2) is 6.71.